The largest absolute Gasteiger partial charge is 0.343 e. The van der Waals surface area contributed by atoms with E-state index in [1.54, 1.807) is 0 Å². The lowest BCUT2D eigenvalue weighted by atomic mass is 10.0. The molecule has 5 nitrogen and oxygen atoms in total. The van der Waals surface area contributed by atoms with Gasteiger partial charge in [0.05, 0.1) is 5.92 Å². The second-order valence-electron chi connectivity index (χ2n) is 5.68. The number of aromatic nitrogens is 3. The fraction of sp³-hybridized carbons (Fsp3) is 0.294. The van der Waals surface area contributed by atoms with Gasteiger partial charge in [-0.15, -0.1) is 0 Å². The summed E-state index contributed by atoms with van der Waals surface area (Å²) < 4.78 is 7.61. The predicted octanol–water partition coefficient (Wildman–Crippen LogP) is 2.39. The van der Waals surface area contributed by atoms with Crippen LogP contribution in [0.15, 0.2) is 59.4 Å². The van der Waals surface area contributed by atoms with Crippen LogP contribution in [0.3, 0.4) is 0 Å². The lowest BCUT2D eigenvalue weighted by molar-refractivity contribution is 0.304. The molecule has 2 aromatic heterocycles. The molecule has 3 heterocycles. The Kier molecular flexibility index (Phi) is 3.48. The van der Waals surface area contributed by atoms with Gasteiger partial charge in [0, 0.05) is 31.9 Å². The maximum Gasteiger partial charge on any atom is 0.232 e. The summed E-state index contributed by atoms with van der Waals surface area (Å²) >= 11 is 0. The lowest BCUT2D eigenvalue weighted by Gasteiger charge is -2.22. The van der Waals surface area contributed by atoms with Gasteiger partial charge in [0.15, 0.2) is 5.82 Å². The highest BCUT2D eigenvalue weighted by atomic mass is 16.5. The third kappa shape index (κ3) is 2.55. The van der Waals surface area contributed by atoms with Gasteiger partial charge in [-0.05, 0) is 17.7 Å². The minimum Gasteiger partial charge on any atom is -0.343 e. The van der Waals surface area contributed by atoms with E-state index in [1.165, 1.54) is 5.56 Å². The molecule has 1 fully saturated rings. The van der Waals surface area contributed by atoms with Crippen molar-refractivity contribution < 1.29 is 4.52 Å². The van der Waals surface area contributed by atoms with Crippen LogP contribution in [0.4, 0.5) is 0 Å². The molecule has 1 aromatic carbocycles. The van der Waals surface area contributed by atoms with Gasteiger partial charge in [0.2, 0.25) is 5.89 Å². The molecule has 5 heteroatoms. The maximum absolute atomic E-state index is 5.47. The van der Waals surface area contributed by atoms with Gasteiger partial charge in [-0.1, -0.05) is 35.5 Å². The average molecular weight is 294 g/mol. The summed E-state index contributed by atoms with van der Waals surface area (Å²) in [7, 11) is 0. The zero-order valence-electron chi connectivity index (χ0n) is 12.2. The highest BCUT2D eigenvalue weighted by Gasteiger charge is 2.27. The third-order valence-corrected chi connectivity index (χ3v) is 4.15. The Balaban J connectivity index is 1.63. The van der Waals surface area contributed by atoms with Gasteiger partial charge >= 0.3 is 0 Å². The molecule has 4 rings (SSSR count). The topological polar surface area (TPSA) is 55.9 Å². The molecule has 1 aliphatic rings. The normalized spacial score (nSPS) is 16.4. The quantitative estimate of drug-likeness (QED) is 0.785. The van der Waals surface area contributed by atoms with Gasteiger partial charge in [-0.2, -0.15) is 4.98 Å². The minimum absolute atomic E-state index is 0.0583. The number of hydrogen-bond acceptors (Lipinski definition) is 4. The van der Waals surface area contributed by atoms with E-state index < -0.39 is 0 Å². The van der Waals surface area contributed by atoms with Gasteiger partial charge in [-0.25, -0.2) is 0 Å². The molecule has 3 aromatic rings. The average Bonchev–Trinajstić information content (AvgIpc) is 3.16. The molecule has 1 saturated heterocycles. The Morgan fingerprint density at radius 2 is 1.91 bits per heavy atom. The number of benzene rings is 1. The first-order chi connectivity index (χ1) is 10.9. The van der Waals surface area contributed by atoms with Crippen LogP contribution in [0.25, 0.3) is 0 Å². The first kappa shape index (κ1) is 13.3. The predicted molar refractivity (Wildman–Crippen MR) is 82.6 cm³/mol. The van der Waals surface area contributed by atoms with E-state index in [1.807, 2.05) is 18.2 Å². The molecule has 0 radical (unpaired) electrons. The first-order valence-corrected chi connectivity index (χ1v) is 7.61. The second-order valence-corrected chi connectivity index (χ2v) is 5.68. The maximum atomic E-state index is 5.47. The molecule has 1 atom stereocenters. The van der Waals surface area contributed by atoms with E-state index in [0.29, 0.717) is 5.92 Å². The van der Waals surface area contributed by atoms with Crippen molar-refractivity contribution in [2.75, 3.05) is 13.1 Å². The Labute approximate surface area is 129 Å². The minimum atomic E-state index is 0.0583. The SMILES string of the molecule is c1ccc(CC(c2noc(C3CNC3)n2)n2cccc2)cc1. The van der Waals surface area contributed by atoms with Crippen molar-refractivity contribution in [3.05, 3.63) is 72.1 Å². The third-order valence-electron chi connectivity index (χ3n) is 4.15. The van der Waals surface area contributed by atoms with E-state index in [0.717, 1.165) is 31.2 Å². The van der Waals surface area contributed by atoms with E-state index in [2.05, 4.69) is 56.7 Å². The van der Waals surface area contributed by atoms with Crippen LogP contribution in [0.1, 0.15) is 29.2 Å². The monoisotopic (exact) mass is 294 g/mol. The van der Waals surface area contributed by atoms with E-state index in [-0.39, 0.29) is 6.04 Å². The molecule has 112 valence electrons. The molecule has 1 aliphatic heterocycles. The van der Waals surface area contributed by atoms with E-state index >= 15 is 0 Å². The molecule has 0 spiro atoms. The fourth-order valence-corrected chi connectivity index (χ4v) is 2.73. The molecule has 0 saturated carbocycles. The molecule has 0 bridgehead atoms. The van der Waals surface area contributed by atoms with Crippen molar-refractivity contribution in [1.29, 1.82) is 0 Å². The van der Waals surface area contributed by atoms with Crippen LogP contribution in [-0.2, 0) is 6.42 Å². The van der Waals surface area contributed by atoms with E-state index in [4.69, 9.17) is 4.52 Å². The summed E-state index contributed by atoms with van der Waals surface area (Å²) in [4.78, 5) is 4.65. The van der Waals surface area contributed by atoms with Gasteiger partial charge in [0.1, 0.15) is 6.04 Å². The molecular formula is C17H18N4O. The zero-order valence-corrected chi connectivity index (χ0v) is 12.2. The van der Waals surface area contributed by atoms with Crippen molar-refractivity contribution in [2.45, 2.75) is 18.4 Å². The molecule has 22 heavy (non-hydrogen) atoms. The summed E-state index contributed by atoms with van der Waals surface area (Å²) in [5.74, 6) is 1.87. The van der Waals surface area contributed by atoms with Crippen molar-refractivity contribution in [3.8, 4) is 0 Å². The van der Waals surface area contributed by atoms with Crippen LogP contribution in [-0.4, -0.2) is 27.8 Å². The van der Waals surface area contributed by atoms with Gasteiger partial charge in [0.25, 0.3) is 0 Å². The first-order valence-electron chi connectivity index (χ1n) is 7.61. The van der Waals surface area contributed by atoms with Gasteiger partial charge < -0.3 is 14.4 Å². The number of nitrogens with one attached hydrogen (secondary N) is 1. The smallest absolute Gasteiger partial charge is 0.232 e. The standard InChI is InChI=1S/C17H18N4O/c1-2-6-13(7-3-1)10-15(21-8-4-5-9-21)16-19-17(22-20-16)14-11-18-12-14/h1-9,14-15,18H,10-12H2. The summed E-state index contributed by atoms with van der Waals surface area (Å²) in [6.45, 7) is 1.85. The molecule has 0 aliphatic carbocycles. The fourth-order valence-electron chi connectivity index (χ4n) is 2.73. The van der Waals surface area contributed by atoms with Gasteiger partial charge in [-0.3, -0.25) is 0 Å². The highest BCUT2D eigenvalue weighted by molar-refractivity contribution is 5.18. The summed E-state index contributed by atoms with van der Waals surface area (Å²) in [6.07, 6.45) is 4.94. The molecular weight excluding hydrogens is 276 g/mol. The Morgan fingerprint density at radius 3 is 2.59 bits per heavy atom. The van der Waals surface area contributed by atoms with Crippen LogP contribution < -0.4 is 5.32 Å². The van der Waals surface area contributed by atoms with E-state index in [9.17, 15) is 0 Å². The van der Waals surface area contributed by atoms with Crippen LogP contribution in [0, 0.1) is 0 Å². The second kappa shape index (κ2) is 5.77. The molecule has 1 N–H and O–H groups in total. The number of nitrogens with zero attached hydrogens (tertiary/aromatic N) is 3. The van der Waals surface area contributed by atoms with Crippen molar-refractivity contribution in [3.63, 3.8) is 0 Å². The van der Waals surface area contributed by atoms with Crippen LogP contribution in [0.5, 0.6) is 0 Å². The van der Waals surface area contributed by atoms with Crippen LogP contribution >= 0.6 is 0 Å². The summed E-state index contributed by atoms with van der Waals surface area (Å²) in [5, 5.41) is 7.47. The zero-order chi connectivity index (χ0) is 14.8. The Morgan fingerprint density at radius 1 is 1.14 bits per heavy atom. The molecule has 0 amide bonds. The Hall–Kier alpha value is -2.40. The summed E-state index contributed by atoms with van der Waals surface area (Å²) in [5.41, 5.74) is 1.26. The number of hydrogen-bond donors (Lipinski definition) is 1. The summed E-state index contributed by atoms with van der Waals surface area (Å²) in [6, 6.07) is 14.5. The Bertz CT molecular complexity index is 716. The molecule has 1 unspecified atom stereocenters. The highest BCUT2D eigenvalue weighted by Crippen LogP contribution is 2.24. The van der Waals surface area contributed by atoms with Crippen LogP contribution in [0.2, 0.25) is 0 Å². The van der Waals surface area contributed by atoms with Crippen molar-refractivity contribution >= 4 is 0 Å². The number of rotatable bonds is 5. The van der Waals surface area contributed by atoms with Crippen molar-refractivity contribution in [2.24, 2.45) is 0 Å². The lowest BCUT2D eigenvalue weighted by Crippen LogP contribution is -2.40. The van der Waals surface area contributed by atoms with Crippen molar-refractivity contribution in [1.82, 2.24) is 20.0 Å².